The maximum absolute atomic E-state index is 13.0. The van der Waals surface area contributed by atoms with Crippen LogP contribution in [-0.4, -0.2) is 39.8 Å². The Kier molecular flexibility index (Phi) is 5.73. The SMILES string of the molecule is Cc1ccnc(C)c1Oc1cc(P(C)(C)=O)sc1-c1cn(C)c(=O)c2[nH]c(C(=O)NC3CC3)cc12. The van der Waals surface area contributed by atoms with Crippen LogP contribution in [0.15, 0.2) is 35.4 Å². The number of thiophene rings is 1. The minimum atomic E-state index is -2.59. The molecular formula is C25H27N4O4PS. The van der Waals surface area contributed by atoms with Gasteiger partial charge in [-0.3, -0.25) is 14.6 Å². The quantitative estimate of drug-likeness (QED) is 0.371. The van der Waals surface area contributed by atoms with Gasteiger partial charge in [-0.05, 0) is 57.7 Å². The molecule has 1 fully saturated rings. The number of hydrogen-bond donors (Lipinski definition) is 2. The predicted molar refractivity (Wildman–Crippen MR) is 140 cm³/mol. The van der Waals surface area contributed by atoms with Gasteiger partial charge in [-0.1, -0.05) is 0 Å². The Morgan fingerprint density at radius 2 is 2.03 bits per heavy atom. The molecule has 35 heavy (non-hydrogen) atoms. The molecule has 1 saturated carbocycles. The third-order valence-electron chi connectivity index (χ3n) is 6.07. The lowest BCUT2D eigenvalue weighted by Crippen LogP contribution is -2.25. The first kappa shape index (κ1) is 23.6. The largest absolute Gasteiger partial charge is 0.454 e. The van der Waals surface area contributed by atoms with Crippen molar-refractivity contribution < 1.29 is 14.1 Å². The van der Waals surface area contributed by atoms with E-state index < -0.39 is 7.14 Å². The van der Waals surface area contributed by atoms with Gasteiger partial charge in [-0.15, -0.1) is 11.3 Å². The Labute approximate surface area is 206 Å². The van der Waals surface area contributed by atoms with Gasteiger partial charge in [0.15, 0.2) is 5.75 Å². The molecule has 0 spiro atoms. The molecule has 2 N–H and O–H groups in total. The summed E-state index contributed by atoms with van der Waals surface area (Å²) in [7, 11) is -0.920. The average molecular weight is 511 g/mol. The number of fused-ring (bicyclic) bond motifs is 1. The van der Waals surface area contributed by atoms with Crippen molar-refractivity contribution in [2.45, 2.75) is 32.7 Å². The summed E-state index contributed by atoms with van der Waals surface area (Å²) in [5.74, 6) is 0.950. The summed E-state index contributed by atoms with van der Waals surface area (Å²) in [6, 6.07) is 5.61. The summed E-state index contributed by atoms with van der Waals surface area (Å²) < 4.78 is 21.6. The van der Waals surface area contributed by atoms with Gasteiger partial charge < -0.3 is 24.2 Å². The molecule has 1 amide bonds. The number of hydrogen-bond acceptors (Lipinski definition) is 6. The second-order valence-electron chi connectivity index (χ2n) is 9.45. The van der Waals surface area contributed by atoms with E-state index in [0.717, 1.165) is 34.5 Å². The smallest absolute Gasteiger partial charge is 0.274 e. The van der Waals surface area contributed by atoms with Crippen LogP contribution in [0.5, 0.6) is 11.5 Å². The van der Waals surface area contributed by atoms with Crippen LogP contribution >= 0.6 is 18.5 Å². The molecule has 0 aromatic carbocycles. The summed E-state index contributed by atoms with van der Waals surface area (Å²) in [5, 5.41) is 3.58. The highest BCUT2D eigenvalue weighted by atomic mass is 32.1. The van der Waals surface area contributed by atoms with E-state index in [1.54, 1.807) is 38.8 Å². The Balaban J connectivity index is 1.71. The number of pyridine rings is 2. The number of aromatic amines is 1. The highest BCUT2D eigenvalue weighted by Gasteiger charge is 2.27. The lowest BCUT2D eigenvalue weighted by molar-refractivity contribution is 0.0947. The number of amides is 1. The monoisotopic (exact) mass is 510 g/mol. The molecule has 10 heteroatoms. The van der Waals surface area contributed by atoms with Crippen LogP contribution in [0.3, 0.4) is 0 Å². The molecule has 182 valence electrons. The fourth-order valence-corrected chi connectivity index (χ4v) is 6.39. The topological polar surface area (TPSA) is 106 Å². The first-order chi connectivity index (χ1) is 16.5. The molecule has 0 saturated heterocycles. The van der Waals surface area contributed by atoms with Crippen molar-refractivity contribution in [3.63, 3.8) is 0 Å². The number of nitrogens with one attached hydrogen (secondary N) is 2. The maximum Gasteiger partial charge on any atom is 0.274 e. The normalized spacial score (nSPS) is 13.9. The third-order valence-corrected chi connectivity index (χ3v) is 9.81. The fourth-order valence-electron chi connectivity index (χ4n) is 3.96. The average Bonchev–Trinajstić information content (AvgIpc) is 3.31. The number of nitrogens with zero attached hydrogens (tertiary/aromatic N) is 2. The van der Waals surface area contributed by atoms with E-state index in [-0.39, 0.29) is 17.5 Å². The number of ether oxygens (including phenoxy) is 1. The van der Waals surface area contributed by atoms with E-state index >= 15 is 0 Å². The van der Waals surface area contributed by atoms with Gasteiger partial charge in [0.25, 0.3) is 11.5 Å². The minimum absolute atomic E-state index is 0.199. The van der Waals surface area contributed by atoms with Gasteiger partial charge in [0.05, 0.1) is 15.2 Å². The molecule has 1 aliphatic carbocycles. The molecule has 1 aliphatic rings. The molecular weight excluding hydrogens is 483 g/mol. The van der Waals surface area contributed by atoms with Crippen molar-refractivity contribution in [2.24, 2.45) is 7.05 Å². The Morgan fingerprint density at radius 1 is 1.29 bits per heavy atom. The molecule has 4 heterocycles. The Hall–Kier alpha value is -3.16. The van der Waals surface area contributed by atoms with Gasteiger partial charge in [-0.25, -0.2) is 0 Å². The van der Waals surface area contributed by atoms with Gasteiger partial charge in [0, 0.05) is 42.5 Å². The van der Waals surface area contributed by atoms with E-state index in [2.05, 4.69) is 15.3 Å². The zero-order chi connectivity index (χ0) is 25.1. The molecule has 5 rings (SSSR count). The van der Waals surface area contributed by atoms with Crippen molar-refractivity contribution in [2.75, 3.05) is 13.3 Å². The number of rotatable bonds is 6. The number of aryl methyl sites for hydroxylation is 3. The lowest BCUT2D eigenvalue weighted by atomic mass is 10.1. The summed E-state index contributed by atoms with van der Waals surface area (Å²) in [6.07, 6.45) is 5.41. The summed E-state index contributed by atoms with van der Waals surface area (Å²) in [5.41, 5.74) is 2.85. The lowest BCUT2D eigenvalue weighted by Gasteiger charge is -2.12. The first-order valence-electron chi connectivity index (χ1n) is 11.4. The number of carbonyl (C=O) groups is 1. The van der Waals surface area contributed by atoms with Crippen LogP contribution in [-0.2, 0) is 11.6 Å². The van der Waals surface area contributed by atoms with E-state index in [4.69, 9.17) is 4.74 Å². The van der Waals surface area contributed by atoms with Crippen molar-refractivity contribution in [1.82, 2.24) is 19.9 Å². The molecule has 0 unspecified atom stereocenters. The zero-order valence-electron chi connectivity index (χ0n) is 20.3. The Bertz CT molecular complexity index is 1570. The van der Waals surface area contributed by atoms with Crippen LogP contribution in [0.25, 0.3) is 21.3 Å². The van der Waals surface area contributed by atoms with Crippen molar-refractivity contribution >= 4 is 39.9 Å². The third kappa shape index (κ3) is 4.46. The van der Waals surface area contributed by atoms with Gasteiger partial charge >= 0.3 is 0 Å². The van der Waals surface area contributed by atoms with E-state index in [1.807, 2.05) is 26.0 Å². The number of aromatic nitrogens is 3. The summed E-state index contributed by atoms with van der Waals surface area (Å²) in [4.78, 5) is 33.8. The second-order valence-corrected chi connectivity index (χ2v) is 14.0. The van der Waals surface area contributed by atoms with Crippen molar-refractivity contribution in [3.8, 4) is 21.9 Å². The number of carbonyl (C=O) groups excluding carboxylic acids is 1. The van der Waals surface area contributed by atoms with Crippen molar-refractivity contribution in [3.05, 3.63) is 57.9 Å². The van der Waals surface area contributed by atoms with Gasteiger partial charge in [-0.2, -0.15) is 0 Å². The van der Waals surface area contributed by atoms with Crippen LogP contribution < -0.4 is 20.2 Å². The standard InChI is InChI=1S/C25H27N4O4PS/c1-13-8-9-26-14(2)22(13)33-19-11-20(34(4,5)32)35-23(19)17-12-29(3)25(31)21-16(17)10-18(28-21)24(30)27-15-6-7-15/h8-12,15,28H,6-7H2,1-5H3,(H,27,30). The fraction of sp³-hybridized carbons (Fsp3) is 0.320. The minimum Gasteiger partial charge on any atom is -0.454 e. The molecule has 4 aromatic heterocycles. The molecule has 0 bridgehead atoms. The van der Waals surface area contributed by atoms with E-state index in [1.165, 1.54) is 15.9 Å². The van der Waals surface area contributed by atoms with Crippen LogP contribution in [0.2, 0.25) is 0 Å². The zero-order valence-corrected chi connectivity index (χ0v) is 22.0. The van der Waals surface area contributed by atoms with Crippen LogP contribution in [0, 0.1) is 13.8 Å². The highest BCUT2D eigenvalue weighted by Crippen LogP contribution is 2.47. The number of H-pyrrole nitrogens is 1. The molecule has 0 atom stereocenters. The first-order valence-corrected chi connectivity index (χ1v) is 14.8. The van der Waals surface area contributed by atoms with Crippen molar-refractivity contribution in [1.29, 1.82) is 0 Å². The predicted octanol–water partition coefficient (Wildman–Crippen LogP) is 4.54. The van der Waals surface area contributed by atoms with E-state index in [0.29, 0.717) is 32.7 Å². The highest BCUT2D eigenvalue weighted by molar-refractivity contribution is 7.75. The van der Waals surface area contributed by atoms with Gasteiger partial charge in [0.1, 0.15) is 24.1 Å². The summed E-state index contributed by atoms with van der Waals surface area (Å²) >= 11 is 1.38. The van der Waals surface area contributed by atoms with Gasteiger partial charge in [0.2, 0.25) is 0 Å². The van der Waals surface area contributed by atoms with Crippen LogP contribution in [0.1, 0.15) is 34.6 Å². The molecule has 8 nitrogen and oxygen atoms in total. The molecule has 0 radical (unpaired) electrons. The summed E-state index contributed by atoms with van der Waals surface area (Å²) in [6.45, 7) is 7.27. The molecule has 0 aliphatic heterocycles. The maximum atomic E-state index is 13.0. The van der Waals surface area contributed by atoms with E-state index in [9.17, 15) is 14.2 Å². The van der Waals surface area contributed by atoms with Crippen LogP contribution in [0.4, 0.5) is 0 Å². The molecule has 4 aromatic rings. The second kappa shape index (κ2) is 8.50. The Morgan fingerprint density at radius 3 is 2.69 bits per heavy atom.